The molecule has 0 aliphatic heterocycles. The van der Waals surface area contributed by atoms with Gasteiger partial charge in [-0.05, 0) is 40.8 Å². The largest absolute Gasteiger partial charge is 0.398 e. The van der Waals surface area contributed by atoms with E-state index in [2.05, 4.69) is 26.0 Å². The van der Waals surface area contributed by atoms with Crippen LogP contribution in [0, 0.1) is 0 Å². The minimum atomic E-state index is 0.448. The molecule has 0 aliphatic rings. The highest BCUT2D eigenvalue weighted by Gasteiger charge is 2.06. The van der Waals surface area contributed by atoms with Crippen molar-refractivity contribution in [3.8, 4) is 11.1 Å². The van der Waals surface area contributed by atoms with E-state index >= 15 is 0 Å². The lowest BCUT2D eigenvalue weighted by atomic mass is 9.97. The maximum atomic E-state index is 6.06. The average Bonchev–Trinajstić information content (AvgIpc) is 2.28. The molecule has 0 saturated heterocycles. The van der Waals surface area contributed by atoms with Gasteiger partial charge in [0, 0.05) is 10.7 Å². The third kappa shape index (κ3) is 2.62. The summed E-state index contributed by atoms with van der Waals surface area (Å²) in [6.45, 7) is 4.29. The molecule has 0 fully saturated rings. The van der Waals surface area contributed by atoms with E-state index in [0.29, 0.717) is 5.92 Å². The molecule has 2 N–H and O–H groups in total. The number of nitrogen functional groups attached to an aromatic ring is 1. The Morgan fingerprint density at radius 3 is 2.29 bits per heavy atom. The molecule has 0 spiro atoms. The Hall–Kier alpha value is -1.47. The summed E-state index contributed by atoms with van der Waals surface area (Å²) in [7, 11) is 0. The van der Waals surface area contributed by atoms with Gasteiger partial charge >= 0.3 is 0 Å². The Kier molecular flexibility index (Phi) is 3.39. The summed E-state index contributed by atoms with van der Waals surface area (Å²) in [5, 5.41) is 0.744. The molecular weight excluding hydrogens is 230 g/mol. The highest BCUT2D eigenvalue weighted by atomic mass is 35.5. The molecule has 2 aromatic rings. The number of nitrogens with two attached hydrogens (primary N) is 1. The van der Waals surface area contributed by atoms with Gasteiger partial charge in [-0.3, -0.25) is 0 Å². The quantitative estimate of drug-likeness (QED) is 0.762. The first-order valence-corrected chi connectivity index (χ1v) is 6.11. The fraction of sp³-hybridized carbons (Fsp3) is 0.200. The van der Waals surface area contributed by atoms with Gasteiger partial charge in [-0.1, -0.05) is 49.7 Å². The molecule has 0 radical (unpaired) electrons. The third-order valence-electron chi connectivity index (χ3n) is 2.87. The van der Waals surface area contributed by atoms with Crippen LogP contribution >= 0.6 is 11.6 Å². The first-order chi connectivity index (χ1) is 8.08. The molecule has 0 amide bonds. The second kappa shape index (κ2) is 4.80. The molecule has 17 heavy (non-hydrogen) atoms. The summed E-state index contributed by atoms with van der Waals surface area (Å²) in [6, 6.07) is 14.0. The molecule has 0 atom stereocenters. The van der Waals surface area contributed by atoms with Gasteiger partial charge in [-0.15, -0.1) is 0 Å². The van der Waals surface area contributed by atoms with Crippen LogP contribution in [-0.2, 0) is 0 Å². The Labute approximate surface area is 107 Å². The van der Waals surface area contributed by atoms with Gasteiger partial charge in [0.25, 0.3) is 0 Å². The van der Waals surface area contributed by atoms with Crippen LogP contribution < -0.4 is 5.73 Å². The van der Waals surface area contributed by atoms with Crippen molar-refractivity contribution in [3.05, 3.63) is 53.1 Å². The average molecular weight is 246 g/mol. The highest BCUT2D eigenvalue weighted by molar-refractivity contribution is 6.30. The Morgan fingerprint density at radius 1 is 1.00 bits per heavy atom. The van der Waals surface area contributed by atoms with Crippen LogP contribution in [0.3, 0.4) is 0 Å². The molecule has 2 heteroatoms. The van der Waals surface area contributed by atoms with Crippen molar-refractivity contribution in [2.45, 2.75) is 19.8 Å². The van der Waals surface area contributed by atoms with E-state index < -0.39 is 0 Å². The van der Waals surface area contributed by atoms with E-state index in [1.807, 2.05) is 30.3 Å². The van der Waals surface area contributed by atoms with Gasteiger partial charge in [-0.25, -0.2) is 0 Å². The molecular formula is C15H16ClN. The minimum absolute atomic E-state index is 0.448. The minimum Gasteiger partial charge on any atom is -0.398 e. The zero-order valence-corrected chi connectivity index (χ0v) is 10.8. The summed E-state index contributed by atoms with van der Waals surface area (Å²) in [5.41, 5.74) is 10.3. The van der Waals surface area contributed by atoms with Crippen molar-refractivity contribution >= 4 is 17.3 Å². The normalized spacial score (nSPS) is 10.8. The van der Waals surface area contributed by atoms with Crippen LogP contribution in [0.25, 0.3) is 11.1 Å². The molecule has 88 valence electrons. The van der Waals surface area contributed by atoms with E-state index in [4.69, 9.17) is 17.3 Å². The predicted molar refractivity (Wildman–Crippen MR) is 75.4 cm³/mol. The fourth-order valence-electron chi connectivity index (χ4n) is 1.95. The maximum absolute atomic E-state index is 6.06. The fourth-order valence-corrected chi connectivity index (χ4v) is 2.14. The molecule has 0 aromatic heterocycles. The van der Waals surface area contributed by atoms with Gasteiger partial charge in [0.2, 0.25) is 0 Å². The Balaban J connectivity index is 2.44. The summed E-state index contributed by atoms with van der Waals surface area (Å²) >= 11 is 5.99. The summed E-state index contributed by atoms with van der Waals surface area (Å²) in [4.78, 5) is 0. The highest BCUT2D eigenvalue weighted by Crippen LogP contribution is 2.29. The van der Waals surface area contributed by atoms with Crippen molar-refractivity contribution in [2.24, 2.45) is 0 Å². The number of hydrogen-bond acceptors (Lipinski definition) is 1. The van der Waals surface area contributed by atoms with Crippen molar-refractivity contribution in [1.29, 1.82) is 0 Å². The smallest absolute Gasteiger partial charge is 0.0412 e. The molecule has 2 aromatic carbocycles. The lowest BCUT2D eigenvalue weighted by Crippen LogP contribution is -1.96. The number of anilines is 1. The molecule has 1 nitrogen and oxygen atoms in total. The predicted octanol–water partition coefficient (Wildman–Crippen LogP) is 4.71. The van der Waals surface area contributed by atoms with E-state index in [0.717, 1.165) is 21.8 Å². The second-order valence-corrected chi connectivity index (χ2v) is 4.95. The number of halogens is 1. The van der Waals surface area contributed by atoms with Crippen LogP contribution in [-0.4, -0.2) is 0 Å². The molecule has 0 heterocycles. The van der Waals surface area contributed by atoms with E-state index in [9.17, 15) is 0 Å². The molecule has 0 unspecified atom stereocenters. The monoisotopic (exact) mass is 245 g/mol. The van der Waals surface area contributed by atoms with Gasteiger partial charge in [-0.2, -0.15) is 0 Å². The van der Waals surface area contributed by atoms with E-state index in [-0.39, 0.29) is 0 Å². The number of rotatable bonds is 2. The Morgan fingerprint density at radius 2 is 1.71 bits per heavy atom. The van der Waals surface area contributed by atoms with Gasteiger partial charge in [0.15, 0.2) is 0 Å². The zero-order valence-electron chi connectivity index (χ0n) is 10.1. The standard InChI is InChI=1S/C15H16ClN/c1-10(2)14-7-6-12(9-15(14)17)11-4-3-5-13(16)8-11/h3-10H,17H2,1-2H3. The zero-order chi connectivity index (χ0) is 12.4. The van der Waals surface area contributed by atoms with Crippen LogP contribution in [0.15, 0.2) is 42.5 Å². The van der Waals surface area contributed by atoms with Crippen LogP contribution in [0.1, 0.15) is 25.3 Å². The molecule has 2 rings (SSSR count). The molecule has 0 saturated carbocycles. The summed E-state index contributed by atoms with van der Waals surface area (Å²) in [5.74, 6) is 0.448. The summed E-state index contributed by atoms with van der Waals surface area (Å²) in [6.07, 6.45) is 0. The third-order valence-corrected chi connectivity index (χ3v) is 3.10. The molecule has 0 aliphatic carbocycles. The van der Waals surface area contributed by atoms with Crippen LogP contribution in [0.4, 0.5) is 5.69 Å². The second-order valence-electron chi connectivity index (χ2n) is 4.51. The molecule has 0 bridgehead atoms. The first kappa shape index (κ1) is 12.0. The number of benzene rings is 2. The van der Waals surface area contributed by atoms with Crippen molar-refractivity contribution in [1.82, 2.24) is 0 Å². The SMILES string of the molecule is CC(C)c1ccc(-c2cccc(Cl)c2)cc1N. The van der Waals surface area contributed by atoms with Crippen LogP contribution in [0.5, 0.6) is 0 Å². The van der Waals surface area contributed by atoms with Gasteiger partial charge < -0.3 is 5.73 Å². The van der Waals surface area contributed by atoms with E-state index in [1.165, 1.54) is 5.56 Å². The summed E-state index contributed by atoms with van der Waals surface area (Å²) < 4.78 is 0. The van der Waals surface area contributed by atoms with Crippen molar-refractivity contribution in [3.63, 3.8) is 0 Å². The maximum Gasteiger partial charge on any atom is 0.0412 e. The van der Waals surface area contributed by atoms with Crippen LogP contribution in [0.2, 0.25) is 5.02 Å². The van der Waals surface area contributed by atoms with Gasteiger partial charge in [0.05, 0.1) is 0 Å². The lowest BCUT2D eigenvalue weighted by molar-refractivity contribution is 0.870. The lowest BCUT2D eigenvalue weighted by Gasteiger charge is -2.11. The van der Waals surface area contributed by atoms with Crippen molar-refractivity contribution in [2.75, 3.05) is 5.73 Å². The number of hydrogen-bond donors (Lipinski definition) is 1. The first-order valence-electron chi connectivity index (χ1n) is 5.73. The topological polar surface area (TPSA) is 26.0 Å². The van der Waals surface area contributed by atoms with Gasteiger partial charge in [0.1, 0.15) is 0 Å². The van der Waals surface area contributed by atoms with E-state index in [1.54, 1.807) is 0 Å². The Bertz CT molecular complexity index is 532. The van der Waals surface area contributed by atoms with Crippen molar-refractivity contribution < 1.29 is 0 Å².